The summed E-state index contributed by atoms with van der Waals surface area (Å²) in [5.74, 6) is 1.44. The Balaban J connectivity index is 1.95. The van der Waals surface area contributed by atoms with E-state index in [9.17, 15) is 4.91 Å². The molecule has 0 aromatic carbocycles. The minimum Gasteiger partial charge on any atom is -0.0839 e. The highest BCUT2D eigenvalue weighted by atomic mass is 16.3. The molecule has 2 nitrogen and oxygen atoms in total. The van der Waals surface area contributed by atoms with Crippen molar-refractivity contribution in [3.63, 3.8) is 0 Å². The van der Waals surface area contributed by atoms with Crippen LogP contribution in [0.4, 0.5) is 0 Å². The first kappa shape index (κ1) is 10.2. The average molecular weight is 238 g/mol. The van der Waals surface area contributed by atoms with Gasteiger partial charge in [-0.2, -0.15) is 0 Å². The van der Waals surface area contributed by atoms with E-state index in [1.165, 1.54) is 16.7 Å². The molecule has 0 spiro atoms. The van der Waals surface area contributed by atoms with Gasteiger partial charge in [0.15, 0.2) is 0 Å². The summed E-state index contributed by atoms with van der Waals surface area (Å²) in [7, 11) is 0. The predicted molar refractivity (Wildman–Crippen MR) is 70.7 cm³/mol. The molecule has 90 valence electrons. The molecule has 0 saturated carbocycles. The molecule has 2 heteroatoms. The van der Waals surface area contributed by atoms with Crippen molar-refractivity contribution in [3.05, 3.63) is 64.3 Å². The summed E-state index contributed by atoms with van der Waals surface area (Å²) in [5, 5.41) is 0. The van der Waals surface area contributed by atoms with Gasteiger partial charge in [-0.25, -0.2) is 0 Å². The fraction of sp³-hybridized carbons (Fsp3) is 0.375. The fourth-order valence-corrected chi connectivity index (χ4v) is 3.75. The monoisotopic (exact) mass is 238 g/mol. The minimum atomic E-state index is 0.363. The van der Waals surface area contributed by atoms with Crippen LogP contribution in [0.1, 0.15) is 12.8 Å². The lowest BCUT2D eigenvalue weighted by Crippen LogP contribution is -2.30. The van der Waals surface area contributed by atoms with Crippen molar-refractivity contribution in [2.45, 2.75) is 12.8 Å². The van der Waals surface area contributed by atoms with Gasteiger partial charge in [0.2, 0.25) is 12.7 Å². The highest BCUT2D eigenvalue weighted by molar-refractivity contribution is 5.47. The zero-order valence-electron chi connectivity index (χ0n) is 10.3. The molecule has 3 aliphatic carbocycles. The average Bonchev–Trinajstić information content (AvgIpc) is 2.43. The zero-order valence-corrected chi connectivity index (χ0v) is 10.3. The van der Waals surface area contributed by atoms with Crippen molar-refractivity contribution in [2.24, 2.45) is 17.8 Å². The Morgan fingerprint density at radius 3 is 3.22 bits per heavy atom. The van der Waals surface area contributed by atoms with Crippen LogP contribution in [0.25, 0.3) is 0 Å². The van der Waals surface area contributed by atoms with Gasteiger partial charge >= 0.3 is 0 Å². The van der Waals surface area contributed by atoms with Crippen LogP contribution in [0.15, 0.2) is 59.4 Å². The van der Waals surface area contributed by atoms with Gasteiger partial charge in [-0.3, -0.25) is 0 Å². The Kier molecular flexibility index (Phi) is 2.07. The molecule has 0 aromatic rings. The second kappa shape index (κ2) is 3.64. The number of nitrogens with zero attached hydrogens (tertiary/aromatic N) is 1. The quantitative estimate of drug-likeness (QED) is 0.593. The standard InChI is InChI=1S/C16H16NO/c18-17-9-12-6-5-11-7-13(10-17)14-3-1-2-4-15(14)16(12)8-11/h1-3,5-6,8,10,12,15-16H,4,7,9H2/q+1. The summed E-state index contributed by atoms with van der Waals surface area (Å²) in [6.45, 7) is 0.599. The van der Waals surface area contributed by atoms with Gasteiger partial charge in [0.1, 0.15) is 0 Å². The number of hydrogen-bond acceptors (Lipinski definition) is 1. The van der Waals surface area contributed by atoms with E-state index in [2.05, 4.69) is 36.5 Å². The van der Waals surface area contributed by atoms with Gasteiger partial charge in [-0.05, 0) is 29.4 Å². The second-order valence-electron chi connectivity index (χ2n) is 5.67. The second-order valence-corrected chi connectivity index (χ2v) is 5.67. The molecule has 3 bridgehead atoms. The van der Waals surface area contributed by atoms with Crippen LogP contribution in [0.3, 0.4) is 0 Å². The molecule has 0 fully saturated rings. The van der Waals surface area contributed by atoms with Crippen molar-refractivity contribution >= 4 is 0 Å². The lowest BCUT2D eigenvalue weighted by molar-refractivity contribution is -0.488. The number of rotatable bonds is 0. The van der Waals surface area contributed by atoms with Gasteiger partial charge in [0.25, 0.3) is 0 Å². The molecular weight excluding hydrogens is 222 g/mol. The summed E-state index contributed by atoms with van der Waals surface area (Å²) in [4.78, 5) is 12.0. The summed E-state index contributed by atoms with van der Waals surface area (Å²) >= 11 is 0. The van der Waals surface area contributed by atoms with Gasteiger partial charge in [0, 0.05) is 27.6 Å². The van der Waals surface area contributed by atoms with Gasteiger partial charge in [-0.1, -0.05) is 36.5 Å². The Hall–Kier alpha value is -1.70. The van der Waals surface area contributed by atoms with E-state index >= 15 is 0 Å². The number of allylic oxidation sites excluding steroid dienone is 8. The molecule has 0 amide bonds. The molecule has 3 atom stereocenters. The Morgan fingerprint density at radius 2 is 2.28 bits per heavy atom. The SMILES string of the molecule is O=[N+]1C=C2CC3=CC(C(C=C3)C1)C1CC=CC=C21. The summed E-state index contributed by atoms with van der Waals surface area (Å²) in [5.41, 5.74) is 3.99. The van der Waals surface area contributed by atoms with Crippen molar-refractivity contribution < 1.29 is 4.76 Å². The smallest absolute Gasteiger partial charge is 0.0839 e. The molecule has 3 unspecified atom stereocenters. The molecule has 0 aromatic heterocycles. The molecule has 4 aliphatic rings. The van der Waals surface area contributed by atoms with Crippen molar-refractivity contribution in [1.29, 1.82) is 0 Å². The minimum absolute atomic E-state index is 0.363. The highest BCUT2D eigenvalue weighted by Crippen LogP contribution is 2.46. The largest absolute Gasteiger partial charge is 0.224 e. The summed E-state index contributed by atoms with van der Waals surface area (Å²) in [6, 6.07) is 0. The van der Waals surface area contributed by atoms with Crippen LogP contribution in [-0.2, 0) is 0 Å². The third-order valence-electron chi connectivity index (χ3n) is 4.58. The molecule has 1 heterocycles. The van der Waals surface area contributed by atoms with E-state index in [0.717, 1.165) is 17.6 Å². The van der Waals surface area contributed by atoms with Crippen molar-refractivity contribution in [2.75, 3.05) is 6.54 Å². The van der Waals surface area contributed by atoms with Crippen LogP contribution in [-0.4, -0.2) is 11.3 Å². The maximum atomic E-state index is 12.0. The van der Waals surface area contributed by atoms with Gasteiger partial charge in [0.05, 0.1) is 0 Å². The lowest BCUT2D eigenvalue weighted by atomic mass is 9.72. The molecular formula is C16H16NO+. The highest BCUT2D eigenvalue weighted by Gasteiger charge is 2.40. The van der Waals surface area contributed by atoms with E-state index in [-0.39, 0.29) is 0 Å². The van der Waals surface area contributed by atoms with Crippen LogP contribution in [0.2, 0.25) is 0 Å². The zero-order chi connectivity index (χ0) is 12.1. The maximum absolute atomic E-state index is 12.0. The molecule has 18 heavy (non-hydrogen) atoms. The third kappa shape index (κ3) is 1.41. The lowest BCUT2D eigenvalue weighted by Gasteiger charge is -2.31. The van der Waals surface area contributed by atoms with E-state index in [0.29, 0.717) is 24.3 Å². The third-order valence-corrected chi connectivity index (χ3v) is 4.58. The first-order chi connectivity index (χ1) is 8.81. The topological polar surface area (TPSA) is 20.1 Å². The number of hydrogen-bond donors (Lipinski definition) is 0. The van der Waals surface area contributed by atoms with Crippen molar-refractivity contribution in [3.8, 4) is 0 Å². The first-order valence-electron chi connectivity index (χ1n) is 6.72. The maximum Gasteiger partial charge on any atom is 0.224 e. The van der Waals surface area contributed by atoms with E-state index < -0.39 is 0 Å². The van der Waals surface area contributed by atoms with Crippen LogP contribution >= 0.6 is 0 Å². The Bertz CT molecular complexity index is 574. The molecule has 0 N–H and O–H groups in total. The van der Waals surface area contributed by atoms with Crippen LogP contribution in [0.5, 0.6) is 0 Å². The van der Waals surface area contributed by atoms with Gasteiger partial charge in [-0.15, -0.1) is 0 Å². The van der Waals surface area contributed by atoms with Crippen LogP contribution in [0, 0.1) is 22.7 Å². The van der Waals surface area contributed by atoms with E-state index in [1.807, 2.05) is 6.20 Å². The van der Waals surface area contributed by atoms with Gasteiger partial charge < -0.3 is 0 Å². The summed E-state index contributed by atoms with van der Waals surface area (Å²) in [6.07, 6.45) is 17.4. The molecule has 1 aliphatic heterocycles. The molecule has 0 radical (unpaired) electrons. The normalized spacial score (nSPS) is 36.3. The molecule has 4 rings (SSSR count). The number of nitroso groups, excluding NO2 is 1. The predicted octanol–water partition coefficient (Wildman–Crippen LogP) is 3.30. The van der Waals surface area contributed by atoms with E-state index in [1.54, 1.807) is 0 Å². The van der Waals surface area contributed by atoms with E-state index in [4.69, 9.17) is 0 Å². The molecule has 0 saturated heterocycles. The fourth-order valence-electron chi connectivity index (χ4n) is 3.75. The van der Waals surface area contributed by atoms with Crippen LogP contribution < -0.4 is 0 Å². The van der Waals surface area contributed by atoms with Crippen molar-refractivity contribution in [1.82, 2.24) is 0 Å². The Labute approximate surface area is 107 Å². The Morgan fingerprint density at radius 1 is 1.33 bits per heavy atom. The first-order valence-corrected chi connectivity index (χ1v) is 6.72. The summed E-state index contributed by atoms with van der Waals surface area (Å²) < 4.78 is 1.13.